The fourth-order valence-electron chi connectivity index (χ4n) is 3.69. The van der Waals surface area contributed by atoms with Crippen LogP contribution in [-0.4, -0.2) is 31.4 Å². The van der Waals surface area contributed by atoms with Gasteiger partial charge in [-0.3, -0.25) is 14.4 Å². The highest BCUT2D eigenvalue weighted by atomic mass is 16.7. The molecule has 3 aromatic carbocycles. The third-order valence-corrected chi connectivity index (χ3v) is 5.44. The van der Waals surface area contributed by atoms with E-state index in [2.05, 4.69) is 5.32 Å². The van der Waals surface area contributed by atoms with Crippen molar-refractivity contribution in [3.05, 3.63) is 83.4 Å². The first kappa shape index (κ1) is 22.1. The maximum atomic E-state index is 13.4. The number of ether oxygens (including phenoxy) is 3. The van der Waals surface area contributed by atoms with Crippen molar-refractivity contribution in [3.8, 4) is 17.2 Å². The largest absolute Gasteiger partial charge is 0.496 e. The number of anilines is 1. The molecule has 4 rings (SSSR count). The SMILES string of the molecule is COc1ccc(C(C)=O)cc1C[C@H](C(=O)Nc1ccc2c(c1)OCO2)C(=O)c1ccccc1. The number of ketones is 2. The first-order chi connectivity index (χ1) is 16.0. The quantitative estimate of drug-likeness (QED) is 0.411. The summed E-state index contributed by atoms with van der Waals surface area (Å²) in [7, 11) is 1.51. The van der Waals surface area contributed by atoms with Crippen LogP contribution in [-0.2, 0) is 11.2 Å². The molecule has 1 atom stereocenters. The van der Waals surface area contributed by atoms with E-state index in [0.717, 1.165) is 0 Å². The van der Waals surface area contributed by atoms with Gasteiger partial charge < -0.3 is 19.5 Å². The lowest BCUT2D eigenvalue weighted by Gasteiger charge is -2.18. The van der Waals surface area contributed by atoms with Crippen molar-refractivity contribution in [2.45, 2.75) is 13.3 Å². The zero-order valence-corrected chi connectivity index (χ0v) is 18.3. The van der Waals surface area contributed by atoms with E-state index in [-0.39, 0.29) is 24.8 Å². The molecule has 1 aliphatic rings. The molecule has 3 aromatic rings. The lowest BCUT2D eigenvalue weighted by atomic mass is 9.89. The summed E-state index contributed by atoms with van der Waals surface area (Å²) in [6.45, 7) is 1.58. The molecule has 0 spiro atoms. The van der Waals surface area contributed by atoms with Gasteiger partial charge >= 0.3 is 0 Å². The second-order valence-electron chi connectivity index (χ2n) is 7.63. The van der Waals surface area contributed by atoms with Crippen LogP contribution in [0.5, 0.6) is 17.2 Å². The molecule has 0 radical (unpaired) electrons. The minimum atomic E-state index is -1.05. The van der Waals surface area contributed by atoms with Crippen LogP contribution in [0.3, 0.4) is 0 Å². The van der Waals surface area contributed by atoms with Crippen molar-refractivity contribution in [3.63, 3.8) is 0 Å². The summed E-state index contributed by atoms with van der Waals surface area (Å²) < 4.78 is 16.1. The molecule has 7 heteroatoms. The molecule has 0 bridgehead atoms. The average molecular weight is 445 g/mol. The fraction of sp³-hybridized carbons (Fsp3) is 0.192. The van der Waals surface area contributed by atoms with Gasteiger partial charge in [0.2, 0.25) is 12.7 Å². The number of methoxy groups -OCH3 is 1. The molecule has 0 saturated heterocycles. The number of carbonyl (C=O) groups excluding carboxylic acids is 3. The van der Waals surface area contributed by atoms with Gasteiger partial charge in [0.15, 0.2) is 23.1 Å². The van der Waals surface area contributed by atoms with Gasteiger partial charge in [-0.15, -0.1) is 0 Å². The highest BCUT2D eigenvalue weighted by Crippen LogP contribution is 2.34. The Bertz CT molecular complexity index is 1200. The highest BCUT2D eigenvalue weighted by Gasteiger charge is 2.30. The van der Waals surface area contributed by atoms with Crippen LogP contribution in [0, 0.1) is 5.92 Å². The van der Waals surface area contributed by atoms with E-state index in [1.54, 1.807) is 66.7 Å². The summed E-state index contributed by atoms with van der Waals surface area (Å²) >= 11 is 0. The van der Waals surface area contributed by atoms with Crippen molar-refractivity contribution in [1.29, 1.82) is 0 Å². The van der Waals surface area contributed by atoms with E-state index in [1.807, 2.05) is 0 Å². The zero-order chi connectivity index (χ0) is 23.4. The third-order valence-electron chi connectivity index (χ3n) is 5.44. The molecule has 0 fully saturated rings. The van der Waals surface area contributed by atoms with Crippen LogP contribution in [0.25, 0.3) is 0 Å². The molecule has 33 heavy (non-hydrogen) atoms. The normalized spacial score (nSPS) is 12.7. The average Bonchev–Trinajstić information content (AvgIpc) is 3.30. The molecule has 0 aromatic heterocycles. The summed E-state index contributed by atoms with van der Waals surface area (Å²) in [5, 5.41) is 2.81. The Morgan fingerprint density at radius 3 is 2.42 bits per heavy atom. The Kier molecular flexibility index (Phi) is 6.40. The number of fused-ring (bicyclic) bond motifs is 1. The molecule has 7 nitrogen and oxygen atoms in total. The number of rotatable bonds is 8. The molecule has 0 saturated carbocycles. The van der Waals surface area contributed by atoms with Gasteiger partial charge in [0.05, 0.1) is 7.11 Å². The van der Waals surface area contributed by atoms with Gasteiger partial charge in [0, 0.05) is 22.9 Å². The van der Waals surface area contributed by atoms with E-state index in [4.69, 9.17) is 14.2 Å². The first-order valence-electron chi connectivity index (χ1n) is 10.4. The number of hydrogen-bond donors (Lipinski definition) is 1. The van der Waals surface area contributed by atoms with Gasteiger partial charge in [-0.1, -0.05) is 30.3 Å². The minimum absolute atomic E-state index is 0.0639. The Hall–Kier alpha value is -4.13. The summed E-state index contributed by atoms with van der Waals surface area (Å²) in [6.07, 6.45) is 0.0639. The summed E-state index contributed by atoms with van der Waals surface area (Å²) in [6, 6.07) is 18.7. The van der Waals surface area contributed by atoms with E-state index in [0.29, 0.717) is 39.6 Å². The molecule has 168 valence electrons. The Labute approximate surface area is 191 Å². The van der Waals surface area contributed by atoms with Gasteiger partial charge in [-0.05, 0) is 49.2 Å². The van der Waals surface area contributed by atoms with Crippen LogP contribution in [0.15, 0.2) is 66.7 Å². The van der Waals surface area contributed by atoms with Crippen LogP contribution in [0.1, 0.15) is 33.2 Å². The monoisotopic (exact) mass is 445 g/mol. The number of hydrogen-bond acceptors (Lipinski definition) is 6. The van der Waals surface area contributed by atoms with Crippen LogP contribution >= 0.6 is 0 Å². The molecule has 1 amide bonds. The molecule has 1 heterocycles. The van der Waals surface area contributed by atoms with Gasteiger partial charge in [-0.2, -0.15) is 0 Å². The van der Waals surface area contributed by atoms with Gasteiger partial charge in [-0.25, -0.2) is 0 Å². The lowest BCUT2D eigenvalue weighted by molar-refractivity contribution is -0.118. The Balaban J connectivity index is 1.66. The molecule has 1 aliphatic heterocycles. The smallest absolute Gasteiger partial charge is 0.235 e. The molecular weight excluding hydrogens is 422 g/mol. The molecular formula is C26H23NO6. The van der Waals surface area contributed by atoms with Crippen LogP contribution < -0.4 is 19.5 Å². The molecule has 0 aliphatic carbocycles. The fourth-order valence-corrected chi connectivity index (χ4v) is 3.69. The van der Waals surface area contributed by atoms with E-state index < -0.39 is 11.8 Å². The number of amides is 1. The summed E-state index contributed by atoms with van der Waals surface area (Å²) in [4.78, 5) is 38.6. The zero-order valence-electron chi connectivity index (χ0n) is 18.3. The summed E-state index contributed by atoms with van der Waals surface area (Å²) in [5.74, 6) is -0.349. The highest BCUT2D eigenvalue weighted by molar-refractivity contribution is 6.14. The summed E-state index contributed by atoms with van der Waals surface area (Å²) in [5.41, 5.74) is 1.98. The van der Waals surface area contributed by atoms with E-state index in [1.165, 1.54) is 14.0 Å². The molecule has 1 N–H and O–H groups in total. The third kappa shape index (κ3) is 4.87. The van der Waals surface area contributed by atoms with Crippen molar-refractivity contribution in [2.24, 2.45) is 5.92 Å². The van der Waals surface area contributed by atoms with Crippen molar-refractivity contribution in [2.75, 3.05) is 19.2 Å². The van der Waals surface area contributed by atoms with E-state index >= 15 is 0 Å². The molecule has 0 unspecified atom stereocenters. The van der Waals surface area contributed by atoms with Crippen LogP contribution in [0.2, 0.25) is 0 Å². The lowest BCUT2D eigenvalue weighted by Crippen LogP contribution is -2.32. The van der Waals surface area contributed by atoms with Crippen molar-refractivity contribution >= 4 is 23.2 Å². The maximum absolute atomic E-state index is 13.4. The first-order valence-corrected chi connectivity index (χ1v) is 10.4. The second-order valence-corrected chi connectivity index (χ2v) is 7.63. The number of nitrogens with one attached hydrogen (secondary N) is 1. The predicted octanol–water partition coefficient (Wildman–Crippen LogP) is 4.31. The Morgan fingerprint density at radius 2 is 1.70 bits per heavy atom. The minimum Gasteiger partial charge on any atom is -0.496 e. The van der Waals surface area contributed by atoms with Gasteiger partial charge in [0.1, 0.15) is 11.7 Å². The maximum Gasteiger partial charge on any atom is 0.235 e. The number of benzene rings is 3. The van der Waals surface area contributed by atoms with Gasteiger partial charge in [0.25, 0.3) is 0 Å². The topological polar surface area (TPSA) is 90.9 Å². The van der Waals surface area contributed by atoms with E-state index in [9.17, 15) is 14.4 Å². The van der Waals surface area contributed by atoms with Crippen molar-refractivity contribution in [1.82, 2.24) is 0 Å². The van der Waals surface area contributed by atoms with Crippen molar-refractivity contribution < 1.29 is 28.6 Å². The Morgan fingerprint density at radius 1 is 0.939 bits per heavy atom. The number of Topliss-reactive ketones (excluding diaryl/α,β-unsaturated/α-hetero) is 2. The number of carbonyl (C=O) groups is 3. The van der Waals surface area contributed by atoms with Crippen LogP contribution in [0.4, 0.5) is 5.69 Å². The standard InChI is InChI=1S/C26H23NO6/c1-16(28)18-8-10-22(31-2)19(12-18)13-21(25(29)17-6-4-3-5-7-17)26(30)27-20-9-11-23-24(14-20)33-15-32-23/h3-12,14,21H,13,15H2,1-2H3,(H,27,30)/t21-/m0/s1. The second kappa shape index (κ2) is 9.56. The predicted molar refractivity (Wildman–Crippen MR) is 122 cm³/mol.